The highest BCUT2D eigenvalue weighted by Crippen LogP contribution is 2.30. The van der Waals surface area contributed by atoms with Gasteiger partial charge in [-0.05, 0) is 61.4 Å². The number of aliphatic hydroxyl groups excluding tert-OH is 3. The Balaban J connectivity index is 1.27. The van der Waals surface area contributed by atoms with Crippen LogP contribution in [0.3, 0.4) is 0 Å². The lowest BCUT2D eigenvalue weighted by Crippen LogP contribution is -2.33. The molecule has 2 aromatic heterocycles. The van der Waals surface area contributed by atoms with E-state index in [-0.39, 0.29) is 13.0 Å². The van der Waals surface area contributed by atoms with Crippen molar-refractivity contribution in [1.82, 2.24) is 20.5 Å². The smallest absolute Gasteiger partial charge is 0.253 e. The Morgan fingerprint density at radius 1 is 1.11 bits per heavy atom. The number of aryl methyl sites for hydroxylation is 3. The average Bonchev–Trinajstić information content (AvgIpc) is 3.60. The average molecular weight is 527 g/mol. The fraction of sp³-hybridized carbons (Fsp3) is 0.536. The molecule has 2 atom stereocenters. The second-order valence-electron chi connectivity index (χ2n) is 9.76. The third-order valence-electron chi connectivity index (χ3n) is 6.70. The van der Waals surface area contributed by atoms with Crippen molar-refractivity contribution in [3.8, 4) is 23.1 Å². The Bertz CT molecular complexity index is 1130. The first-order chi connectivity index (χ1) is 18.5. The highest BCUT2D eigenvalue weighted by atomic mass is 16.6. The largest absolute Gasteiger partial charge is 0.477 e. The molecule has 1 saturated carbocycles. The van der Waals surface area contributed by atoms with Gasteiger partial charge in [0.2, 0.25) is 11.8 Å². The third-order valence-corrected chi connectivity index (χ3v) is 6.70. The highest BCUT2D eigenvalue weighted by Gasteiger charge is 2.19. The molecule has 4 N–H and O–H groups in total. The molecule has 10 heteroatoms. The fourth-order valence-corrected chi connectivity index (χ4v) is 4.56. The van der Waals surface area contributed by atoms with Gasteiger partial charge in [0.1, 0.15) is 17.5 Å². The Morgan fingerprint density at radius 2 is 1.95 bits per heavy atom. The summed E-state index contributed by atoms with van der Waals surface area (Å²) < 4.78 is 17.6. The first-order valence-electron chi connectivity index (χ1n) is 13.4. The molecule has 0 aliphatic heterocycles. The molecule has 3 aromatic rings. The van der Waals surface area contributed by atoms with E-state index >= 15 is 0 Å². The Labute approximate surface area is 223 Å². The minimum Gasteiger partial charge on any atom is -0.477 e. The van der Waals surface area contributed by atoms with Crippen molar-refractivity contribution in [3.63, 3.8) is 0 Å². The van der Waals surface area contributed by atoms with E-state index in [1.165, 1.54) is 25.7 Å². The molecule has 0 radical (unpaired) electrons. The molecule has 1 fully saturated rings. The predicted molar refractivity (Wildman–Crippen MR) is 141 cm³/mol. The molecule has 206 valence electrons. The van der Waals surface area contributed by atoms with Crippen LogP contribution in [0.5, 0.6) is 11.6 Å². The number of aromatic nitrogens is 3. The molecule has 38 heavy (non-hydrogen) atoms. The fourth-order valence-electron chi connectivity index (χ4n) is 4.56. The number of nitrogens with one attached hydrogen (secondary N) is 1. The Kier molecular flexibility index (Phi) is 10.5. The first-order valence-corrected chi connectivity index (χ1v) is 13.4. The highest BCUT2D eigenvalue weighted by molar-refractivity contribution is 5.59. The molecule has 1 aromatic carbocycles. The van der Waals surface area contributed by atoms with Crippen LogP contribution in [0, 0.1) is 12.8 Å². The number of pyridine rings is 1. The lowest BCUT2D eigenvalue weighted by molar-refractivity contribution is -0.0257. The summed E-state index contributed by atoms with van der Waals surface area (Å²) in [6.07, 6.45) is 6.66. The maximum atomic E-state index is 10.2. The second kappa shape index (κ2) is 14.2. The van der Waals surface area contributed by atoms with Crippen LogP contribution in [0.25, 0.3) is 11.5 Å². The zero-order valence-corrected chi connectivity index (χ0v) is 21.9. The third kappa shape index (κ3) is 8.22. The molecule has 0 saturated heterocycles. The zero-order valence-electron chi connectivity index (χ0n) is 21.9. The van der Waals surface area contributed by atoms with Gasteiger partial charge in [0.05, 0.1) is 6.61 Å². The van der Waals surface area contributed by atoms with Crippen molar-refractivity contribution in [1.29, 1.82) is 0 Å². The van der Waals surface area contributed by atoms with Crippen molar-refractivity contribution >= 4 is 0 Å². The second-order valence-corrected chi connectivity index (χ2v) is 9.76. The number of benzene rings is 1. The normalized spacial score (nSPS) is 15.5. The number of hydrogen-bond donors (Lipinski definition) is 4. The van der Waals surface area contributed by atoms with Crippen LogP contribution in [-0.2, 0) is 12.8 Å². The summed E-state index contributed by atoms with van der Waals surface area (Å²) in [5, 5.41) is 39.8. The minimum absolute atomic E-state index is 0.104. The monoisotopic (exact) mass is 526 g/mol. The molecule has 1 aliphatic rings. The van der Waals surface area contributed by atoms with Gasteiger partial charge in [-0.1, -0.05) is 25.0 Å². The summed E-state index contributed by atoms with van der Waals surface area (Å²) >= 11 is 0. The molecule has 0 spiro atoms. The summed E-state index contributed by atoms with van der Waals surface area (Å²) in [4.78, 5) is 4.39. The topological polar surface area (TPSA) is 143 Å². The molecular formula is C28H38N4O6. The first kappa shape index (κ1) is 28.0. The van der Waals surface area contributed by atoms with E-state index in [1.807, 2.05) is 37.3 Å². The summed E-state index contributed by atoms with van der Waals surface area (Å²) in [5.74, 6) is 2.65. The molecule has 10 nitrogen and oxygen atoms in total. The summed E-state index contributed by atoms with van der Waals surface area (Å²) in [6, 6.07) is 9.52. The van der Waals surface area contributed by atoms with Gasteiger partial charge < -0.3 is 29.2 Å². The van der Waals surface area contributed by atoms with Gasteiger partial charge in [-0.3, -0.25) is 5.32 Å². The van der Waals surface area contributed by atoms with E-state index in [0.29, 0.717) is 67.3 Å². The minimum atomic E-state index is -1.01. The molecule has 0 amide bonds. The van der Waals surface area contributed by atoms with Gasteiger partial charge in [0.15, 0.2) is 6.29 Å². The molecule has 1 unspecified atom stereocenters. The zero-order chi connectivity index (χ0) is 26.7. The molecule has 2 heterocycles. The maximum absolute atomic E-state index is 10.2. The van der Waals surface area contributed by atoms with Crippen LogP contribution >= 0.6 is 0 Å². The standard InChI is InChI=1S/C28H38N4O6/c1-19-17-20(8-10-23(19)37-26(35)12-15-29-24(34)13-16-33)9-11-25-31-32-28(38-25)22-7-4-14-30-27(22)36-18-21-5-2-3-6-21/h4,7-8,10,14,17,21,24,26,29,33-35H,2-3,5-6,9,11-13,15-16,18H2,1H3/t24-,26?/m0/s1. The SMILES string of the molecule is Cc1cc(CCc2nnc(-c3cccnc3OCC3CCCC3)o2)ccc1OC(O)CCN[C@@H](O)CCO. The number of aliphatic hydroxyl groups is 3. The molecule has 1 aliphatic carbocycles. The van der Waals surface area contributed by atoms with E-state index in [2.05, 4.69) is 20.5 Å². The van der Waals surface area contributed by atoms with Crippen LogP contribution < -0.4 is 14.8 Å². The van der Waals surface area contributed by atoms with Crippen LogP contribution in [0.15, 0.2) is 40.9 Å². The van der Waals surface area contributed by atoms with Crippen molar-refractivity contribution in [2.24, 2.45) is 5.92 Å². The van der Waals surface area contributed by atoms with Gasteiger partial charge in [0.25, 0.3) is 5.89 Å². The predicted octanol–water partition coefficient (Wildman–Crippen LogP) is 3.17. The van der Waals surface area contributed by atoms with Gasteiger partial charge >= 0.3 is 0 Å². The molecule has 0 bridgehead atoms. The lowest BCUT2D eigenvalue weighted by Gasteiger charge is -2.17. The van der Waals surface area contributed by atoms with E-state index in [4.69, 9.17) is 19.0 Å². The number of rotatable bonds is 15. The molecular weight excluding hydrogens is 488 g/mol. The van der Waals surface area contributed by atoms with E-state index in [9.17, 15) is 10.2 Å². The van der Waals surface area contributed by atoms with Gasteiger partial charge in [-0.15, -0.1) is 10.2 Å². The van der Waals surface area contributed by atoms with Gasteiger partial charge in [-0.2, -0.15) is 0 Å². The number of nitrogens with zero attached hydrogens (tertiary/aromatic N) is 3. The van der Waals surface area contributed by atoms with Crippen molar-refractivity contribution < 1.29 is 29.2 Å². The van der Waals surface area contributed by atoms with E-state index in [0.717, 1.165) is 11.1 Å². The lowest BCUT2D eigenvalue weighted by atomic mass is 10.1. The van der Waals surface area contributed by atoms with Crippen LogP contribution in [0.1, 0.15) is 55.5 Å². The Hall–Kier alpha value is -3.05. The molecule has 4 rings (SSSR count). The maximum Gasteiger partial charge on any atom is 0.253 e. The number of ether oxygens (including phenoxy) is 2. The van der Waals surface area contributed by atoms with Crippen molar-refractivity contribution in [3.05, 3.63) is 53.5 Å². The quantitative estimate of drug-likeness (QED) is 0.218. The van der Waals surface area contributed by atoms with Crippen LogP contribution in [-0.4, -0.2) is 62.8 Å². The van der Waals surface area contributed by atoms with Crippen LogP contribution in [0.2, 0.25) is 0 Å². The van der Waals surface area contributed by atoms with Gasteiger partial charge in [-0.25, -0.2) is 4.98 Å². The van der Waals surface area contributed by atoms with Gasteiger partial charge in [0, 0.05) is 38.6 Å². The van der Waals surface area contributed by atoms with E-state index in [1.54, 1.807) is 6.20 Å². The van der Waals surface area contributed by atoms with E-state index < -0.39 is 12.5 Å². The summed E-state index contributed by atoms with van der Waals surface area (Å²) in [6.45, 7) is 2.84. The van der Waals surface area contributed by atoms with Crippen LogP contribution in [0.4, 0.5) is 0 Å². The Morgan fingerprint density at radius 3 is 2.74 bits per heavy atom. The van der Waals surface area contributed by atoms with Crippen molar-refractivity contribution in [2.45, 2.75) is 70.8 Å². The summed E-state index contributed by atoms with van der Waals surface area (Å²) in [7, 11) is 0. The van der Waals surface area contributed by atoms with Crippen molar-refractivity contribution in [2.75, 3.05) is 19.8 Å². The summed E-state index contributed by atoms with van der Waals surface area (Å²) in [5.41, 5.74) is 2.69. The number of hydrogen-bond acceptors (Lipinski definition) is 10.